The van der Waals surface area contributed by atoms with Crippen LogP contribution in [0, 0.1) is 0 Å². The second-order valence-corrected chi connectivity index (χ2v) is 10.7. The van der Waals surface area contributed by atoms with Gasteiger partial charge in [-0.1, -0.05) is 33.8 Å². The molecule has 0 saturated carbocycles. The van der Waals surface area contributed by atoms with Crippen LogP contribution >= 0.6 is 0 Å². The summed E-state index contributed by atoms with van der Waals surface area (Å²) in [7, 11) is 4.38. The van der Waals surface area contributed by atoms with Gasteiger partial charge in [0.25, 0.3) is 0 Å². The van der Waals surface area contributed by atoms with Crippen molar-refractivity contribution >= 4 is 0 Å². The Morgan fingerprint density at radius 3 is 1.79 bits per heavy atom. The molecule has 2 aliphatic heterocycles. The highest BCUT2D eigenvalue weighted by atomic mass is 15.3. The van der Waals surface area contributed by atoms with Crippen molar-refractivity contribution in [3.05, 3.63) is 47.5 Å². The van der Waals surface area contributed by atoms with E-state index >= 15 is 0 Å². The highest BCUT2D eigenvalue weighted by molar-refractivity contribution is 5.17. The van der Waals surface area contributed by atoms with Crippen molar-refractivity contribution in [1.82, 2.24) is 34.4 Å². The fraction of sp³-hybridized carbons (Fsp3) is 0.704. The molecule has 0 radical (unpaired) electrons. The third-order valence-corrected chi connectivity index (χ3v) is 7.06. The van der Waals surface area contributed by atoms with Crippen molar-refractivity contribution in [2.24, 2.45) is 0 Å². The van der Waals surface area contributed by atoms with E-state index in [2.05, 4.69) is 94.5 Å². The molecule has 2 aromatic heterocycles. The van der Waals surface area contributed by atoms with Crippen molar-refractivity contribution in [2.45, 2.75) is 52.6 Å². The van der Waals surface area contributed by atoms with E-state index in [9.17, 15) is 0 Å². The van der Waals surface area contributed by atoms with E-state index in [4.69, 9.17) is 0 Å². The molecule has 0 amide bonds. The average molecular weight is 470 g/mol. The van der Waals surface area contributed by atoms with Gasteiger partial charge in [0.1, 0.15) is 0 Å². The molecular formula is C27H47N7. The minimum Gasteiger partial charge on any atom is -0.304 e. The van der Waals surface area contributed by atoms with Gasteiger partial charge in [0.2, 0.25) is 0 Å². The van der Waals surface area contributed by atoms with Gasteiger partial charge >= 0.3 is 0 Å². The topological polar surface area (TPSA) is 43.7 Å². The van der Waals surface area contributed by atoms with Crippen LogP contribution in [-0.2, 0) is 13.1 Å². The van der Waals surface area contributed by atoms with Crippen LogP contribution in [-0.4, -0.2) is 107 Å². The molecule has 2 saturated heterocycles. The maximum Gasteiger partial charge on any atom is 0.0544 e. The smallest absolute Gasteiger partial charge is 0.0544 e. The lowest BCUT2D eigenvalue weighted by molar-refractivity contribution is 0.147. The van der Waals surface area contributed by atoms with Gasteiger partial charge in [0.15, 0.2) is 0 Å². The van der Waals surface area contributed by atoms with Crippen molar-refractivity contribution in [3.8, 4) is 0 Å². The molecule has 0 aliphatic carbocycles. The van der Waals surface area contributed by atoms with Crippen LogP contribution in [0.1, 0.15) is 56.4 Å². The summed E-state index contributed by atoms with van der Waals surface area (Å²) in [5.74, 6) is 1.15. The number of piperazine rings is 2. The Morgan fingerprint density at radius 1 is 0.706 bits per heavy atom. The predicted octanol–water partition coefficient (Wildman–Crippen LogP) is 3.21. The van der Waals surface area contributed by atoms with Gasteiger partial charge in [0, 0.05) is 77.8 Å². The van der Waals surface area contributed by atoms with Crippen LogP contribution in [0.2, 0.25) is 0 Å². The minimum absolute atomic E-state index is 0.570. The molecule has 34 heavy (non-hydrogen) atoms. The molecule has 7 nitrogen and oxygen atoms in total. The Balaban J connectivity index is 0.000000191. The van der Waals surface area contributed by atoms with Gasteiger partial charge in [-0.2, -0.15) is 5.10 Å². The molecule has 0 bridgehead atoms. The summed E-state index contributed by atoms with van der Waals surface area (Å²) < 4.78 is 2.08. The zero-order valence-corrected chi connectivity index (χ0v) is 22.5. The molecule has 0 atom stereocenters. The van der Waals surface area contributed by atoms with E-state index in [-0.39, 0.29) is 0 Å². The van der Waals surface area contributed by atoms with Gasteiger partial charge in [-0.3, -0.25) is 19.5 Å². The van der Waals surface area contributed by atoms with Crippen LogP contribution < -0.4 is 0 Å². The lowest BCUT2D eigenvalue weighted by atomic mass is 10.1. The van der Waals surface area contributed by atoms with Crippen molar-refractivity contribution in [2.75, 3.05) is 73.0 Å². The van der Waals surface area contributed by atoms with Crippen LogP contribution in [0.3, 0.4) is 0 Å². The molecule has 0 N–H and O–H groups in total. The van der Waals surface area contributed by atoms with Crippen LogP contribution in [0.15, 0.2) is 30.7 Å². The second-order valence-electron chi connectivity index (χ2n) is 10.7. The zero-order valence-electron chi connectivity index (χ0n) is 22.5. The van der Waals surface area contributed by atoms with Crippen molar-refractivity contribution in [3.63, 3.8) is 0 Å². The van der Waals surface area contributed by atoms with E-state index in [1.807, 2.05) is 12.4 Å². The summed E-state index contributed by atoms with van der Waals surface area (Å²) in [6.07, 6.45) is 6.20. The van der Waals surface area contributed by atoms with E-state index in [0.29, 0.717) is 11.8 Å². The third kappa shape index (κ3) is 8.77. The number of pyridine rings is 1. The molecule has 4 rings (SSSR count). The summed E-state index contributed by atoms with van der Waals surface area (Å²) >= 11 is 0. The van der Waals surface area contributed by atoms with Gasteiger partial charge in [0.05, 0.1) is 18.4 Å². The Bertz CT molecular complexity index is 814. The van der Waals surface area contributed by atoms with Crippen LogP contribution in [0.4, 0.5) is 0 Å². The van der Waals surface area contributed by atoms with E-state index in [1.54, 1.807) is 0 Å². The molecule has 0 spiro atoms. The molecule has 190 valence electrons. The quantitative estimate of drug-likeness (QED) is 0.620. The first-order valence-electron chi connectivity index (χ1n) is 13.1. The Labute approximate surface area is 207 Å². The lowest BCUT2D eigenvalue weighted by Gasteiger charge is -2.32. The molecule has 2 aliphatic rings. The zero-order chi connectivity index (χ0) is 24.5. The van der Waals surface area contributed by atoms with E-state index in [0.717, 1.165) is 32.7 Å². The molecular weight excluding hydrogens is 422 g/mol. The Kier molecular flexibility index (Phi) is 10.5. The molecule has 2 aromatic rings. The SMILES string of the molecule is CC(C)c1ccc(CN2CCN(C)CC2)nc1.CC(C)c1cnn(CCN2CCN(C)CC2)c1. The predicted molar refractivity (Wildman–Crippen MR) is 141 cm³/mol. The molecule has 0 unspecified atom stereocenters. The standard InChI is InChI=1S/C14H23N3.C13H24N4/c1-12(2)13-4-5-14(15-10-13)11-17-8-6-16(3)7-9-17;1-12(2)13-10-14-17(11-13)9-8-16-6-4-15(3)5-7-16/h4-5,10,12H,6-9,11H2,1-3H3;10-12H,4-9H2,1-3H3. The molecule has 0 aromatic carbocycles. The van der Waals surface area contributed by atoms with Gasteiger partial charge in [-0.25, -0.2) is 0 Å². The first-order valence-corrected chi connectivity index (χ1v) is 13.1. The Morgan fingerprint density at radius 2 is 1.29 bits per heavy atom. The largest absolute Gasteiger partial charge is 0.304 e. The van der Waals surface area contributed by atoms with Gasteiger partial charge in [-0.05, 0) is 43.1 Å². The summed E-state index contributed by atoms with van der Waals surface area (Å²) in [6, 6.07) is 4.39. The van der Waals surface area contributed by atoms with Crippen LogP contribution in [0.5, 0.6) is 0 Å². The highest BCUT2D eigenvalue weighted by Gasteiger charge is 2.15. The number of rotatable bonds is 7. The fourth-order valence-corrected chi connectivity index (χ4v) is 4.22. The monoisotopic (exact) mass is 469 g/mol. The van der Waals surface area contributed by atoms with Crippen molar-refractivity contribution < 1.29 is 0 Å². The van der Waals surface area contributed by atoms with Crippen LogP contribution in [0.25, 0.3) is 0 Å². The highest BCUT2D eigenvalue weighted by Crippen LogP contribution is 2.14. The first-order chi connectivity index (χ1) is 16.3. The van der Waals surface area contributed by atoms with Gasteiger partial charge in [-0.15, -0.1) is 0 Å². The second kappa shape index (κ2) is 13.3. The maximum absolute atomic E-state index is 4.56. The maximum atomic E-state index is 4.56. The summed E-state index contributed by atoms with van der Waals surface area (Å²) in [5.41, 5.74) is 3.86. The van der Waals surface area contributed by atoms with E-state index in [1.165, 1.54) is 56.1 Å². The normalized spacial score (nSPS) is 18.9. The average Bonchev–Trinajstić information content (AvgIpc) is 3.31. The molecule has 7 heteroatoms. The number of likely N-dealkylation sites (N-methyl/N-ethyl adjacent to an activating group) is 2. The fourth-order valence-electron chi connectivity index (χ4n) is 4.22. The number of aromatic nitrogens is 3. The summed E-state index contributed by atoms with van der Waals surface area (Å²) in [4.78, 5) is 14.3. The van der Waals surface area contributed by atoms with Gasteiger partial charge < -0.3 is 9.80 Å². The number of hydrogen-bond donors (Lipinski definition) is 0. The molecule has 2 fully saturated rings. The molecule has 4 heterocycles. The Hall–Kier alpha value is -1.80. The van der Waals surface area contributed by atoms with Crippen molar-refractivity contribution in [1.29, 1.82) is 0 Å². The third-order valence-electron chi connectivity index (χ3n) is 7.06. The summed E-state index contributed by atoms with van der Waals surface area (Å²) in [6.45, 7) is 21.4. The first kappa shape index (κ1) is 26.8. The number of nitrogens with zero attached hydrogens (tertiary/aromatic N) is 7. The number of hydrogen-bond acceptors (Lipinski definition) is 6. The minimum atomic E-state index is 0.570. The van der Waals surface area contributed by atoms with E-state index < -0.39 is 0 Å². The summed E-state index contributed by atoms with van der Waals surface area (Å²) in [5, 5.41) is 4.42. The lowest BCUT2D eigenvalue weighted by Crippen LogP contribution is -2.45.